The minimum absolute atomic E-state index is 0.589. The first-order chi connectivity index (χ1) is 34.2. The van der Waals surface area contributed by atoms with Crippen molar-refractivity contribution in [3.63, 3.8) is 0 Å². The second kappa shape index (κ2) is 15.6. The van der Waals surface area contributed by atoms with E-state index in [1.807, 2.05) is 72.8 Å². The molecule has 0 radical (unpaired) electrons. The van der Waals surface area contributed by atoms with Crippen molar-refractivity contribution in [1.29, 1.82) is 0 Å². The van der Waals surface area contributed by atoms with Crippen molar-refractivity contribution in [3.8, 4) is 67.8 Å². The molecule has 10 aromatic carbocycles. The minimum Gasteiger partial charge on any atom is -0.456 e. The predicted octanol–water partition coefficient (Wildman–Crippen LogP) is 16.3. The zero-order chi connectivity index (χ0) is 45.4. The van der Waals surface area contributed by atoms with Crippen molar-refractivity contribution in [2.75, 3.05) is 0 Å². The van der Waals surface area contributed by atoms with E-state index in [1.54, 1.807) is 0 Å². The Kier molecular flexibility index (Phi) is 8.79. The van der Waals surface area contributed by atoms with Gasteiger partial charge in [0, 0.05) is 60.4 Å². The zero-order valence-electron chi connectivity index (χ0n) is 37.2. The van der Waals surface area contributed by atoms with Gasteiger partial charge in [0.15, 0.2) is 17.5 Å². The topological polar surface area (TPSA) is 61.7 Å². The van der Waals surface area contributed by atoms with Crippen LogP contribution in [0.4, 0.5) is 0 Å². The molecule has 6 heteroatoms. The summed E-state index contributed by atoms with van der Waals surface area (Å²) in [4.78, 5) is 15.2. The van der Waals surface area contributed by atoms with Gasteiger partial charge in [-0.3, -0.25) is 0 Å². The first kappa shape index (κ1) is 38.8. The fraction of sp³-hybridized carbons (Fsp3) is 0. The number of hydrogen-bond donors (Lipinski definition) is 0. The molecule has 4 heterocycles. The molecule has 14 rings (SSSR count). The SMILES string of the molecule is c1ccc(-c2cccc(-n3c4ccccc4c4cc(-c5ccc6c(c5)c5ccccc5n6-c5ccc6oc7cccc(-c8nc(-c9ccccc9)nc(-c9ccccc9)n8)c7c6c5)ccc43)c2)cc1. The molecule has 0 amide bonds. The maximum Gasteiger partial charge on any atom is 0.164 e. The molecule has 14 aromatic rings. The lowest BCUT2D eigenvalue weighted by Crippen LogP contribution is -2.00. The third-order valence-electron chi connectivity index (χ3n) is 13.6. The highest BCUT2D eigenvalue weighted by molar-refractivity contribution is 6.15. The summed E-state index contributed by atoms with van der Waals surface area (Å²) in [5.74, 6) is 1.82. The largest absolute Gasteiger partial charge is 0.456 e. The Hall–Kier alpha value is -9.39. The molecule has 69 heavy (non-hydrogen) atoms. The van der Waals surface area contributed by atoms with Crippen LogP contribution < -0.4 is 0 Å². The van der Waals surface area contributed by atoms with Crippen molar-refractivity contribution >= 4 is 65.6 Å². The molecule has 0 saturated heterocycles. The molecule has 0 bridgehead atoms. The van der Waals surface area contributed by atoms with Crippen molar-refractivity contribution in [2.45, 2.75) is 0 Å². The van der Waals surface area contributed by atoms with Gasteiger partial charge in [-0.2, -0.15) is 0 Å². The summed E-state index contributed by atoms with van der Waals surface area (Å²) in [6, 6.07) is 83.5. The standard InChI is InChI=1S/C63H39N5O/c1-4-16-40(17-5-1)43-22-14-23-46(36-43)67-54-27-12-10-24-48(54)51-37-44(30-33-56(51)67)45-31-34-57-52(38-45)49-25-11-13-28-55(49)68(57)47-32-35-58-53(39-47)60-50(26-15-29-59(60)69-58)63-65-61(41-18-6-2-7-19-41)64-62(66-63)42-20-8-3-9-21-42/h1-39H. The Morgan fingerprint density at radius 3 is 1.36 bits per heavy atom. The van der Waals surface area contributed by atoms with E-state index in [0.29, 0.717) is 17.5 Å². The average molecular weight is 882 g/mol. The van der Waals surface area contributed by atoms with E-state index in [4.69, 9.17) is 19.4 Å². The van der Waals surface area contributed by atoms with Crippen LogP contribution in [-0.4, -0.2) is 24.1 Å². The quantitative estimate of drug-likeness (QED) is 0.160. The Morgan fingerprint density at radius 1 is 0.275 bits per heavy atom. The lowest BCUT2D eigenvalue weighted by molar-refractivity contribution is 0.669. The van der Waals surface area contributed by atoms with Gasteiger partial charge in [-0.25, -0.2) is 15.0 Å². The summed E-state index contributed by atoms with van der Waals surface area (Å²) >= 11 is 0. The van der Waals surface area contributed by atoms with Crippen LogP contribution in [0, 0.1) is 0 Å². The summed E-state index contributed by atoms with van der Waals surface area (Å²) in [5, 5.41) is 6.78. The average Bonchev–Trinajstić information content (AvgIpc) is 4.08. The maximum atomic E-state index is 6.58. The fourth-order valence-electron chi connectivity index (χ4n) is 10.4. The van der Waals surface area contributed by atoms with Gasteiger partial charge in [0.2, 0.25) is 0 Å². The van der Waals surface area contributed by atoms with E-state index >= 15 is 0 Å². The molecule has 0 fully saturated rings. The molecule has 0 aliphatic rings. The van der Waals surface area contributed by atoms with E-state index in [2.05, 4.69) is 173 Å². The Bertz CT molecular complexity index is 4240. The first-order valence-electron chi connectivity index (χ1n) is 23.3. The lowest BCUT2D eigenvalue weighted by Gasteiger charge is -2.11. The third-order valence-corrected chi connectivity index (χ3v) is 13.6. The number of furan rings is 1. The van der Waals surface area contributed by atoms with Crippen molar-refractivity contribution in [2.24, 2.45) is 0 Å². The molecule has 0 N–H and O–H groups in total. The van der Waals surface area contributed by atoms with Gasteiger partial charge in [0.1, 0.15) is 11.2 Å². The molecule has 0 atom stereocenters. The number of fused-ring (bicyclic) bond motifs is 9. The number of nitrogens with zero attached hydrogens (tertiary/aromatic N) is 5. The van der Waals surface area contributed by atoms with Crippen LogP contribution in [0.1, 0.15) is 0 Å². The van der Waals surface area contributed by atoms with Gasteiger partial charge < -0.3 is 13.6 Å². The molecular formula is C63H39N5O. The first-order valence-corrected chi connectivity index (χ1v) is 23.3. The summed E-state index contributed by atoms with van der Waals surface area (Å²) in [6.07, 6.45) is 0. The molecule has 0 unspecified atom stereocenters. The third kappa shape index (κ3) is 6.38. The van der Waals surface area contributed by atoms with Crippen LogP contribution >= 0.6 is 0 Å². The molecule has 0 aliphatic carbocycles. The van der Waals surface area contributed by atoms with Gasteiger partial charge in [-0.05, 0) is 95.1 Å². The molecule has 0 saturated carbocycles. The fourth-order valence-corrected chi connectivity index (χ4v) is 10.4. The van der Waals surface area contributed by atoms with Crippen molar-refractivity contribution in [1.82, 2.24) is 24.1 Å². The number of rotatable bonds is 7. The van der Waals surface area contributed by atoms with E-state index in [9.17, 15) is 0 Å². The normalized spacial score (nSPS) is 11.8. The minimum atomic E-state index is 0.589. The summed E-state index contributed by atoms with van der Waals surface area (Å²) in [6.45, 7) is 0. The van der Waals surface area contributed by atoms with E-state index in [0.717, 1.165) is 61.0 Å². The van der Waals surface area contributed by atoms with Crippen LogP contribution in [0.5, 0.6) is 0 Å². The number of para-hydroxylation sites is 2. The predicted molar refractivity (Wildman–Crippen MR) is 283 cm³/mol. The smallest absolute Gasteiger partial charge is 0.164 e. The summed E-state index contributed by atoms with van der Waals surface area (Å²) in [5.41, 5.74) is 15.8. The number of benzene rings is 10. The lowest BCUT2D eigenvalue weighted by atomic mass is 10.0. The van der Waals surface area contributed by atoms with Crippen LogP contribution in [0.3, 0.4) is 0 Å². The molecule has 6 nitrogen and oxygen atoms in total. The molecular weight excluding hydrogens is 843 g/mol. The van der Waals surface area contributed by atoms with Crippen molar-refractivity contribution < 1.29 is 4.42 Å². The second-order valence-corrected chi connectivity index (χ2v) is 17.6. The van der Waals surface area contributed by atoms with Gasteiger partial charge in [-0.15, -0.1) is 0 Å². The van der Waals surface area contributed by atoms with Gasteiger partial charge in [0.05, 0.1) is 22.1 Å². The highest BCUT2D eigenvalue weighted by Gasteiger charge is 2.21. The molecule has 4 aromatic heterocycles. The van der Waals surface area contributed by atoms with Crippen LogP contribution in [0.25, 0.3) is 133 Å². The summed E-state index contributed by atoms with van der Waals surface area (Å²) in [7, 11) is 0. The monoisotopic (exact) mass is 881 g/mol. The van der Waals surface area contributed by atoms with E-state index < -0.39 is 0 Å². The number of aromatic nitrogens is 5. The Balaban J connectivity index is 0.902. The van der Waals surface area contributed by atoms with Gasteiger partial charge >= 0.3 is 0 Å². The van der Waals surface area contributed by atoms with Crippen LogP contribution in [0.15, 0.2) is 241 Å². The van der Waals surface area contributed by atoms with Gasteiger partial charge in [-0.1, -0.05) is 164 Å². The molecule has 0 aliphatic heterocycles. The second-order valence-electron chi connectivity index (χ2n) is 17.6. The highest BCUT2D eigenvalue weighted by Crippen LogP contribution is 2.41. The van der Waals surface area contributed by atoms with Gasteiger partial charge in [0.25, 0.3) is 0 Å². The van der Waals surface area contributed by atoms with E-state index in [-0.39, 0.29) is 0 Å². The van der Waals surface area contributed by atoms with E-state index in [1.165, 1.54) is 54.8 Å². The number of hydrogen-bond acceptors (Lipinski definition) is 4. The molecule has 0 spiro atoms. The maximum absolute atomic E-state index is 6.58. The highest BCUT2D eigenvalue weighted by atomic mass is 16.3. The Morgan fingerprint density at radius 2 is 0.754 bits per heavy atom. The molecule has 322 valence electrons. The van der Waals surface area contributed by atoms with Crippen LogP contribution in [0.2, 0.25) is 0 Å². The van der Waals surface area contributed by atoms with Crippen molar-refractivity contribution in [3.05, 3.63) is 237 Å². The summed E-state index contributed by atoms with van der Waals surface area (Å²) < 4.78 is 11.4. The van der Waals surface area contributed by atoms with Crippen LogP contribution in [-0.2, 0) is 0 Å². The zero-order valence-corrected chi connectivity index (χ0v) is 37.2. The Labute approximate surface area is 396 Å².